The summed E-state index contributed by atoms with van der Waals surface area (Å²) >= 11 is 0. The van der Waals surface area contributed by atoms with Gasteiger partial charge in [-0.3, -0.25) is 9.59 Å². The summed E-state index contributed by atoms with van der Waals surface area (Å²) in [5.74, 6) is -4.75. The van der Waals surface area contributed by atoms with Crippen molar-refractivity contribution in [2.24, 2.45) is 21.5 Å². The molecule has 0 aromatic heterocycles. The summed E-state index contributed by atoms with van der Waals surface area (Å²) in [6.07, 6.45) is -7.99. The Bertz CT molecular complexity index is 1100. The maximum atomic E-state index is 12.5. The van der Waals surface area contributed by atoms with E-state index in [1.165, 1.54) is 0 Å². The molecule has 12 N–H and O–H groups in total. The lowest BCUT2D eigenvalue weighted by Gasteiger charge is -2.42. The van der Waals surface area contributed by atoms with E-state index in [1.807, 2.05) is 0 Å². The second kappa shape index (κ2) is 17.0. The van der Waals surface area contributed by atoms with Crippen molar-refractivity contribution in [3.8, 4) is 0 Å². The molecule has 8 atom stereocenters. The van der Waals surface area contributed by atoms with Gasteiger partial charge in [0.25, 0.3) is 0 Å². The van der Waals surface area contributed by atoms with Crippen molar-refractivity contribution in [1.82, 2.24) is 19.9 Å². The van der Waals surface area contributed by atoms with E-state index in [9.17, 15) is 60.0 Å². The van der Waals surface area contributed by atoms with E-state index >= 15 is 0 Å². The Morgan fingerprint density at radius 2 is 1.02 bits per heavy atom. The Balaban J connectivity index is 1.85. The largest absolute Gasteiger partial charge is 0.394 e. The highest BCUT2D eigenvalue weighted by Crippen LogP contribution is 2.20. The Kier molecular flexibility index (Phi) is 14.0. The number of amides is 2. The molecule has 2 unspecified atom stereocenters. The van der Waals surface area contributed by atoms with Crippen LogP contribution in [0.4, 0.5) is 0 Å². The summed E-state index contributed by atoms with van der Waals surface area (Å²) in [7, 11) is 2.30. The van der Waals surface area contributed by atoms with Gasteiger partial charge in [-0.2, -0.15) is 10.1 Å². The molecule has 46 heavy (non-hydrogen) atoms. The molecule has 22 nitrogen and oxygen atoms in total. The Labute approximate surface area is 261 Å². The minimum atomic E-state index is -1.61. The molecule has 260 valence electrons. The molecule has 2 fully saturated rings. The number of likely N-dealkylation sites (tertiary alicyclic amines) is 2. The number of guanidine groups is 2. The number of aliphatic hydroxyl groups excluding tert-OH is 8. The lowest BCUT2D eigenvalue weighted by atomic mass is 9.94. The molecule has 2 saturated heterocycles. The number of rotatable bonds is 8. The van der Waals surface area contributed by atoms with Crippen molar-refractivity contribution in [2.75, 3.05) is 53.5 Å². The van der Waals surface area contributed by atoms with Crippen molar-refractivity contribution in [1.29, 1.82) is 0 Å². The van der Waals surface area contributed by atoms with Crippen molar-refractivity contribution >= 4 is 35.7 Å². The predicted octanol–water partition coefficient (Wildman–Crippen LogP) is -8.48. The Morgan fingerprint density at radius 1 is 0.696 bits per heavy atom. The first-order valence-corrected chi connectivity index (χ1v) is 13.6. The highest BCUT2D eigenvalue weighted by Gasteiger charge is 2.44. The van der Waals surface area contributed by atoms with Crippen LogP contribution in [-0.2, 0) is 28.9 Å². The van der Waals surface area contributed by atoms with Gasteiger partial charge in [-0.15, -0.1) is 0 Å². The average Bonchev–Trinajstić information content (AvgIpc) is 3.01. The molecule has 2 heterocycles. The van der Waals surface area contributed by atoms with Gasteiger partial charge < -0.3 is 71.8 Å². The third-order valence-electron chi connectivity index (χ3n) is 7.07. The van der Waals surface area contributed by atoms with Gasteiger partial charge in [0, 0.05) is 39.3 Å². The maximum absolute atomic E-state index is 12.5. The summed E-state index contributed by atoms with van der Waals surface area (Å²) in [5, 5.41) is 79.4. The van der Waals surface area contributed by atoms with Gasteiger partial charge in [0.15, 0.2) is 0 Å². The number of nitrogens with two attached hydrogens (primary N) is 2. The van der Waals surface area contributed by atoms with Crippen LogP contribution in [0.2, 0.25) is 0 Å². The number of hydroxylamine groups is 4. The number of piperidine rings is 2. The summed E-state index contributed by atoms with van der Waals surface area (Å²) in [5.41, 5.74) is 11.4. The molecule has 0 aromatic rings. The second-order valence-corrected chi connectivity index (χ2v) is 10.2. The number of nitrogens with zero attached hydrogens (tertiary/aromatic N) is 6. The van der Waals surface area contributed by atoms with Gasteiger partial charge in [0.1, 0.15) is 49.7 Å². The van der Waals surface area contributed by atoms with Crippen LogP contribution >= 0.6 is 0 Å². The first kappa shape index (κ1) is 38.0. The van der Waals surface area contributed by atoms with Gasteiger partial charge in [-0.1, -0.05) is 0 Å². The van der Waals surface area contributed by atoms with E-state index in [-0.39, 0.29) is 13.1 Å². The second-order valence-electron chi connectivity index (χ2n) is 10.2. The molecule has 0 bridgehead atoms. The summed E-state index contributed by atoms with van der Waals surface area (Å²) in [4.78, 5) is 68.2. The number of hydrogen-bond acceptors (Lipinski definition) is 16. The first-order valence-electron chi connectivity index (χ1n) is 13.6. The van der Waals surface area contributed by atoms with Crippen LogP contribution in [0.3, 0.4) is 0 Å². The molecular formula is C24H40N8O14. The smallest absolute Gasteiger partial charge is 0.356 e. The fourth-order valence-corrected chi connectivity index (χ4v) is 4.39. The third kappa shape index (κ3) is 9.67. The van der Waals surface area contributed by atoms with E-state index in [0.717, 1.165) is 23.9 Å². The molecule has 2 aliphatic rings. The zero-order chi connectivity index (χ0) is 34.9. The van der Waals surface area contributed by atoms with Crippen molar-refractivity contribution < 1.29 is 69.7 Å². The van der Waals surface area contributed by atoms with Gasteiger partial charge >= 0.3 is 11.9 Å². The minimum Gasteiger partial charge on any atom is -0.394 e. The quantitative estimate of drug-likeness (QED) is 0.0498. The highest BCUT2D eigenvalue weighted by atomic mass is 16.7. The van der Waals surface area contributed by atoms with Crippen molar-refractivity contribution in [3.63, 3.8) is 0 Å². The third-order valence-corrected chi connectivity index (χ3v) is 7.07. The van der Waals surface area contributed by atoms with Crippen LogP contribution in [0.15, 0.2) is 22.1 Å². The lowest BCUT2D eigenvalue weighted by Crippen LogP contribution is -2.64. The van der Waals surface area contributed by atoms with Crippen LogP contribution in [0.1, 0.15) is 0 Å². The van der Waals surface area contributed by atoms with Gasteiger partial charge in [0.05, 0.1) is 25.3 Å². The number of carbonyl (C=O) groups excluding carboxylic acids is 4. The molecule has 0 saturated carbocycles. The topological polar surface area (TPSA) is 338 Å². The number of aliphatic imine (C=N–C) groups is 2. The zero-order valence-corrected chi connectivity index (χ0v) is 24.9. The molecule has 0 radical (unpaired) electrons. The maximum Gasteiger partial charge on any atom is 0.356 e. The summed E-state index contributed by atoms with van der Waals surface area (Å²) in [6.45, 7) is -3.47. The van der Waals surface area contributed by atoms with E-state index in [2.05, 4.69) is 9.98 Å². The average molecular weight is 665 g/mol. The van der Waals surface area contributed by atoms with Crippen LogP contribution in [0, 0.1) is 0 Å². The molecule has 2 amide bonds. The van der Waals surface area contributed by atoms with E-state index < -0.39 is 111 Å². The number of hydrogen-bond donors (Lipinski definition) is 10. The molecule has 2 aliphatic heterocycles. The van der Waals surface area contributed by atoms with E-state index in [0.29, 0.717) is 22.3 Å². The SMILES string of the molecule is CN(OC(=O)/C=C/C(=O)ON(C)C(N)=NCC(=O)N1C[C@H](O)[C@@H](O)[C@@H](O)C1CO)C(N)=NCC(=O)N1C[C@H](O)[C@@H](O)[C@@H](O)C1CO. The lowest BCUT2D eigenvalue weighted by molar-refractivity contribution is -0.166. The van der Waals surface area contributed by atoms with Gasteiger partial charge in [0.2, 0.25) is 23.7 Å². The molecule has 0 spiro atoms. The highest BCUT2D eigenvalue weighted by molar-refractivity contribution is 5.93. The molecular weight excluding hydrogens is 624 g/mol. The minimum absolute atomic E-state index is 0.389. The number of carbonyl (C=O) groups is 4. The molecule has 0 aromatic carbocycles. The van der Waals surface area contributed by atoms with E-state index in [1.54, 1.807) is 0 Å². The zero-order valence-electron chi connectivity index (χ0n) is 24.9. The summed E-state index contributed by atoms with van der Waals surface area (Å²) in [6, 6.07) is -2.41. The van der Waals surface area contributed by atoms with Gasteiger partial charge in [-0.05, 0) is 0 Å². The Hall–Kier alpha value is -4.16. The summed E-state index contributed by atoms with van der Waals surface area (Å²) < 4.78 is 0. The molecule has 22 heteroatoms. The van der Waals surface area contributed by atoms with Gasteiger partial charge in [-0.25, -0.2) is 19.6 Å². The Morgan fingerprint density at radius 3 is 1.33 bits per heavy atom. The van der Waals surface area contributed by atoms with Crippen LogP contribution in [-0.4, -0.2) is 199 Å². The number of aliphatic hydroxyl groups is 8. The predicted molar refractivity (Wildman–Crippen MR) is 151 cm³/mol. The molecule has 0 aliphatic carbocycles. The first-order chi connectivity index (χ1) is 21.5. The monoisotopic (exact) mass is 664 g/mol. The fraction of sp³-hybridized carbons (Fsp3) is 0.667. The number of β-amino-alcohol motifs (C(OH)–C–C–N with tert-alkyl or cyclic N) is 2. The fourth-order valence-electron chi connectivity index (χ4n) is 4.39. The van der Waals surface area contributed by atoms with Crippen LogP contribution < -0.4 is 11.5 Å². The standard InChI is InChI=1S/C24H40N8O14/c1-29(23(25)27-5-15(37)31-7-13(35)21(43)19(41)11(31)9-33)45-17(39)3-4-18(40)46-30(2)24(26)28-6-16(38)32-8-14(36)22(44)20(42)12(32)10-34/h3-4,11-14,19-22,33-36,41-44H,5-10H2,1-2H3,(H2,25,27)(H2,26,28)/b4-3+/t11?,12?,13-,14-,19-,20-,21+,22+/m0/s1. The van der Waals surface area contributed by atoms with Crippen LogP contribution in [0.25, 0.3) is 0 Å². The normalized spacial score (nSPS) is 29.0. The van der Waals surface area contributed by atoms with Crippen molar-refractivity contribution in [3.05, 3.63) is 12.2 Å². The van der Waals surface area contributed by atoms with Crippen molar-refractivity contribution in [2.45, 2.75) is 48.7 Å². The van der Waals surface area contributed by atoms with Crippen LogP contribution in [0.5, 0.6) is 0 Å². The molecule has 2 rings (SSSR count). The van der Waals surface area contributed by atoms with E-state index in [4.69, 9.17) is 21.1 Å².